The van der Waals surface area contributed by atoms with E-state index in [9.17, 15) is 5.11 Å². The molecule has 1 aromatic rings. The SMILES string of the molecule is CC(C)c1c(C(C)(C)O)cc(Cl)c2c1OCO2. The van der Waals surface area contributed by atoms with Crippen LogP contribution < -0.4 is 9.47 Å². The lowest BCUT2D eigenvalue weighted by Gasteiger charge is -2.25. The third kappa shape index (κ3) is 2.09. The highest BCUT2D eigenvalue weighted by molar-refractivity contribution is 6.32. The zero-order chi connectivity index (χ0) is 12.8. The van der Waals surface area contributed by atoms with E-state index in [4.69, 9.17) is 21.1 Å². The first kappa shape index (κ1) is 12.5. The van der Waals surface area contributed by atoms with E-state index in [2.05, 4.69) is 13.8 Å². The third-order valence-electron chi connectivity index (χ3n) is 2.87. The number of halogens is 1. The van der Waals surface area contributed by atoms with E-state index in [0.29, 0.717) is 16.5 Å². The molecule has 4 heteroatoms. The van der Waals surface area contributed by atoms with Crippen LogP contribution in [0.2, 0.25) is 5.02 Å². The molecule has 0 aliphatic carbocycles. The highest BCUT2D eigenvalue weighted by Crippen LogP contribution is 2.48. The van der Waals surface area contributed by atoms with Gasteiger partial charge < -0.3 is 14.6 Å². The summed E-state index contributed by atoms with van der Waals surface area (Å²) in [5.41, 5.74) is 0.806. The molecule has 1 N–H and O–H groups in total. The van der Waals surface area contributed by atoms with Crippen molar-refractivity contribution in [1.29, 1.82) is 0 Å². The largest absolute Gasteiger partial charge is 0.453 e. The molecule has 0 spiro atoms. The van der Waals surface area contributed by atoms with Crippen molar-refractivity contribution in [3.63, 3.8) is 0 Å². The maximum absolute atomic E-state index is 10.2. The average Bonchev–Trinajstić information content (AvgIpc) is 2.64. The summed E-state index contributed by atoms with van der Waals surface area (Å²) in [5.74, 6) is 1.48. The zero-order valence-electron chi connectivity index (χ0n) is 10.5. The molecule has 1 heterocycles. The Hall–Kier alpha value is -0.930. The Kier molecular flexibility index (Phi) is 3.00. The molecule has 0 amide bonds. The Morgan fingerprint density at radius 1 is 1.29 bits per heavy atom. The lowest BCUT2D eigenvalue weighted by atomic mass is 9.87. The molecule has 2 rings (SSSR count). The van der Waals surface area contributed by atoms with E-state index in [0.717, 1.165) is 11.1 Å². The van der Waals surface area contributed by atoms with Crippen molar-refractivity contribution in [2.75, 3.05) is 6.79 Å². The fourth-order valence-electron chi connectivity index (χ4n) is 2.13. The number of fused-ring (bicyclic) bond motifs is 1. The molecule has 0 unspecified atom stereocenters. The second kappa shape index (κ2) is 4.07. The first-order chi connectivity index (χ1) is 7.82. The summed E-state index contributed by atoms with van der Waals surface area (Å²) in [7, 11) is 0. The number of hydrogen-bond donors (Lipinski definition) is 1. The normalized spacial score (nSPS) is 14.5. The van der Waals surface area contributed by atoms with E-state index in [1.54, 1.807) is 19.9 Å². The van der Waals surface area contributed by atoms with Gasteiger partial charge in [-0.2, -0.15) is 0 Å². The molecule has 0 saturated carbocycles. The minimum atomic E-state index is -0.954. The summed E-state index contributed by atoms with van der Waals surface area (Å²) in [5, 5.41) is 10.7. The van der Waals surface area contributed by atoms with Crippen LogP contribution >= 0.6 is 11.6 Å². The summed E-state index contributed by atoms with van der Waals surface area (Å²) in [6, 6.07) is 1.77. The molecule has 0 bridgehead atoms. The fraction of sp³-hybridized carbons (Fsp3) is 0.538. The lowest BCUT2D eigenvalue weighted by Crippen LogP contribution is -2.19. The maximum atomic E-state index is 10.2. The van der Waals surface area contributed by atoms with Gasteiger partial charge in [0.15, 0.2) is 11.5 Å². The average molecular weight is 257 g/mol. The Morgan fingerprint density at radius 2 is 1.88 bits per heavy atom. The predicted octanol–water partition coefficient (Wildman–Crippen LogP) is 3.42. The van der Waals surface area contributed by atoms with Gasteiger partial charge in [-0.1, -0.05) is 25.4 Å². The molecule has 0 fully saturated rings. The van der Waals surface area contributed by atoms with Gasteiger partial charge in [-0.3, -0.25) is 0 Å². The second-order valence-electron chi connectivity index (χ2n) is 5.10. The topological polar surface area (TPSA) is 38.7 Å². The predicted molar refractivity (Wildman–Crippen MR) is 66.9 cm³/mol. The Balaban J connectivity index is 2.72. The first-order valence-electron chi connectivity index (χ1n) is 5.67. The van der Waals surface area contributed by atoms with Crippen LogP contribution in [0.3, 0.4) is 0 Å². The molecule has 0 aromatic heterocycles. The molecule has 0 radical (unpaired) electrons. The van der Waals surface area contributed by atoms with Crippen LogP contribution in [0.25, 0.3) is 0 Å². The van der Waals surface area contributed by atoms with Crippen molar-refractivity contribution >= 4 is 11.6 Å². The summed E-state index contributed by atoms with van der Waals surface area (Å²) in [4.78, 5) is 0. The Labute approximate surface area is 106 Å². The quantitative estimate of drug-likeness (QED) is 0.881. The van der Waals surface area contributed by atoms with Gasteiger partial charge in [-0.25, -0.2) is 0 Å². The minimum Gasteiger partial charge on any atom is -0.453 e. The molecular formula is C13H17ClO3. The van der Waals surface area contributed by atoms with Crippen LogP contribution in [0.1, 0.15) is 44.7 Å². The summed E-state index contributed by atoms with van der Waals surface area (Å²) < 4.78 is 10.8. The van der Waals surface area contributed by atoms with E-state index >= 15 is 0 Å². The van der Waals surface area contributed by atoms with Crippen LogP contribution in [0, 0.1) is 0 Å². The molecule has 3 nitrogen and oxygen atoms in total. The molecule has 94 valence electrons. The van der Waals surface area contributed by atoms with Gasteiger partial charge in [0.25, 0.3) is 0 Å². The lowest BCUT2D eigenvalue weighted by molar-refractivity contribution is 0.0769. The third-order valence-corrected chi connectivity index (χ3v) is 3.15. The zero-order valence-corrected chi connectivity index (χ0v) is 11.3. The Bertz CT molecular complexity index is 447. The van der Waals surface area contributed by atoms with Crippen LogP contribution in [0.5, 0.6) is 11.5 Å². The van der Waals surface area contributed by atoms with Gasteiger partial charge in [0, 0.05) is 5.56 Å². The number of ether oxygens (including phenoxy) is 2. The van der Waals surface area contributed by atoms with Gasteiger partial charge in [0.1, 0.15) is 0 Å². The van der Waals surface area contributed by atoms with E-state index in [1.165, 1.54) is 0 Å². The van der Waals surface area contributed by atoms with Gasteiger partial charge >= 0.3 is 0 Å². The van der Waals surface area contributed by atoms with Crippen molar-refractivity contribution in [2.24, 2.45) is 0 Å². The standard InChI is InChI=1S/C13H17ClO3/c1-7(2)10-8(13(3,4)15)5-9(14)11-12(10)17-6-16-11/h5,7,15H,6H2,1-4H3. The van der Waals surface area contributed by atoms with Crippen molar-refractivity contribution in [1.82, 2.24) is 0 Å². The smallest absolute Gasteiger partial charge is 0.231 e. The van der Waals surface area contributed by atoms with E-state index in [-0.39, 0.29) is 12.7 Å². The van der Waals surface area contributed by atoms with Crippen molar-refractivity contribution in [3.05, 3.63) is 22.2 Å². The number of hydrogen-bond acceptors (Lipinski definition) is 3. The fourth-order valence-corrected chi connectivity index (χ4v) is 2.38. The van der Waals surface area contributed by atoms with Crippen molar-refractivity contribution in [3.8, 4) is 11.5 Å². The van der Waals surface area contributed by atoms with Gasteiger partial charge in [0.2, 0.25) is 6.79 Å². The van der Waals surface area contributed by atoms with Gasteiger partial charge in [-0.15, -0.1) is 0 Å². The summed E-state index contributed by atoms with van der Waals surface area (Å²) in [6.07, 6.45) is 0. The summed E-state index contributed by atoms with van der Waals surface area (Å²) in [6.45, 7) is 7.78. The monoisotopic (exact) mass is 256 g/mol. The summed E-state index contributed by atoms with van der Waals surface area (Å²) >= 11 is 6.14. The van der Waals surface area contributed by atoms with Gasteiger partial charge in [0.05, 0.1) is 10.6 Å². The minimum absolute atomic E-state index is 0.185. The van der Waals surface area contributed by atoms with Crippen LogP contribution in [0.4, 0.5) is 0 Å². The maximum Gasteiger partial charge on any atom is 0.231 e. The molecule has 1 aliphatic rings. The van der Waals surface area contributed by atoms with Crippen LogP contribution in [-0.2, 0) is 5.60 Å². The van der Waals surface area contributed by atoms with Crippen molar-refractivity contribution < 1.29 is 14.6 Å². The first-order valence-corrected chi connectivity index (χ1v) is 6.05. The molecule has 0 saturated heterocycles. The molecule has 1 aliphatic heterocycles. The number of benzene rings is 1. The molecule has 17 heavy (non-hydrogen) atoms. The number of rotatable bonds is 2. The van der Waals surface area contributed by atoms with Crippen molar-refractivity contribution in [2.45, 2.75) is 39.2 Å². The van der Waals surface area contributed by atoms with E-state index in [1.807, 2.05) is 0 Å². The Morgan fingerprint density at radius 3 is 2.41 bits per heavy atom. The molecular weight excluding hydrogens is 240 g/mol. The van der Waals surface area contributed by atoms with Crippen LogP contribution in [0.15, 0.2) is 6.07 Å². The molecule has 0 atom stereocenters. The van der Waals surface area contributed by atoms with E-state index < -0.39 is 5.60 Å². The highest BCUT2D eigenvalue weighted by atomic mass is 35.5. The van der Waals surface area contributed by atoms with Crippen LogP contribution in [-0.4, -0.2) is 11.9 Å². The highest BCUT2D eigenvalue weighted by Gasteiger charge is 2.31. The molecule has 1 aromatic carbocycles. The second-order valence-corrected chi connectivity index (χ2v) is 5.51. The van der Waals surface area contributed by atoms with Gasteiger partial charge in [-0.05, 0) is 31.4 Å². The number of aliphatic hydroxyl groups is 1.